The van der Waals surface area contributed by atoms with Gasteiger partial charge in [0.15, 0.2) is 0 Å². The van der Waals surface area contributed by atoms with E-state index in [0.717, 1.165) is 41.0 Å². The lowest BCUT2D eigenvalue weighted by Crippen LogP contribution is -2.59. The quantitative estimate of drug-likeness (QED) is 0.350. The fourth-order valence-corrected chi connectivity index (χ4v) is 4.61. The average Bonchev–Trinajstić information content (AvgIpc) is 3.77. The highest BCUT2D eigenvalue weighted by molar-refractivity contribution is 5.63. The molecule has 204 valence electrons. The zero-order valence-electron chi connectivity index (χ0n) is 22.0. The van der Waals surface area contributed by atoms with Crippen LogP contribution in [0.25, 0.3) is 0 Å². The van der Waals surface area contributed by atoms with Gasteiger partial charge in [0, 0.05) is 23.7 Å². The van der Waals surface area contributed by atoms with Gasteiger partial charge in [-0.2, -0.15) is 13.2 Å². The molecule has 1 N–H and O–H groups in total. The van der Waals surface area contributed by atoms with Crippen molar-refractivity contribution in [1.82, 2.24) is 5.32 Å². The SMILES string of the molecule is COc1ccc(COCc2ccc3c(c2)N(Cc2ccc(OC)cc2)CN[C@]3(C#CC2CC2)C(F)(F)F)cc1. The number of benzene rings is 3. The molecular weight excluding hydrogens is 505 g/mol. The van der Waals surface area contributed by atoms with Crippen LogP contribution in [0.3, 0.4) is 0 Å². The van der Waals surface area contributed by atoms with Gasteiger partial charge in [-0.25, -0.2) is 0 Å². The summed E-state index contributed by atoms with van der Waals surface area (Å²) in [5, 5.41) is 2.76. The minimum absolute atomic E-state index is 0.00591. The summed E-state index contributed by atoms with van der Waals surface area (Å²) in [6, 6.07) is 20.1. The molecule has 3 aromatic rings. The largest absolute Gasteiger partial charge is 0.497 e. The minimum atomic E-state index is -4.60. The molecule has 0 aromatic heterocycles. The second-order valence-electron chi connectivity index (χ2n) is 9.86. The Morgan fingerprint density at radius 1 is 0.872 bits per heavy atom. The number of alkyl halides is 3. The smallest absolute Gasteiger partial charge is 0.422 e. The zero-order valence-corrected chi connectivity index (χ0v) is 22.0. The van der Waals surface area contributed by atoms with Gasteiger partial charge in [0.1, 0.15) is 11.5 Å². The summed E-state index contributed by atoms with van der Waals surface area (Å²) in [7, 11) is 3.21. The van der Waals surface area contributed by atoms with Crippen LogP contribution >= 0.6 is 0 Å². The lowest BCUT2D eigenvalue weighted by molar-refractivity contribution is -0.182. The Labute approximate surface area is 226 Å². The van der Waals surface area contributed by atoms with Gasteiger partial charge in [-0.15, -0.1) is 0 Å². The van der Waals surface area contributed by atoms with Crippen LogP contribution in [0.15, 0.2) is 66.7 Å². The van der Waals surface area contributed by atoms with Crippen LogP contribution in [0.4, 0.5) is 18.9 Å². The molecule has 0 radical (unpaired) electrons. The zero-order chi connectivity index (χ0) is 27.5. The average molecular weight is 537 g/mol. The van der Waals surface area contributed by atoms with Crippen molar-refractivity contribution in [1.29, 1.82) is 0 Å². The van der Waals surface area contributed by atoms with Crippen molar-refractivity contribution in [3.63, 3.8) is 0 Å². The molecule has 8 heteroatoms. The lowest BCUT2D eigenvalue weighted by atomic mass is 9.85. The molecule has 1 heterocycles. The highest BCUT2D eigenvalue weighted by Crippen LogP contribution is 2.46. The van der Waals surface area contributed by atoms with Gasteiger partial charge in [0.2, 0.25) is 5.54 Å². The number of hydrogen-bond acceptors (Lipinski definition) is 5. The molecule has 2 aliphatic rings. The van der Waals surface area contributed by atoms with E-state index in [4.69, 9.17) is 14.2 Å². The Morgan fingerprint density at radius 3 is 2.05 bits per heavy atom. The van der Waals surface area contributed by atoms with E-state index in [1.54, 1.807) is 32.4 Å². The van der Waals surface area contributed by atoms with Crippen molar-refractivity contribution >= 4 is 5.69 Å². The van der Waals surface area contributed by atoms with Gasteiger partial charge >= 0.3 is 6.18 Å². The Bertz CT molecular complexity index is 1340. The number of rotatable bonds is 8. The molecule has 3 aromatic carbocycles. The molecule has 1 saturated carbocycles. The molecule has 39 heavy (non-hydrogen) atoms. The summed E-state index contributed by atoms with van der Waals surface area (Å²) in [5.74, 6) is 7.01. The molecule has 0 bridgehead atoms. The van der Waals surface area contributed by atoms with Crippen LogP contribution in [0.5, 0.6) is 11.5 Å². The third-order valence-electron chi connectivity index (χ3n) is 7.04. The number of nitrogens with one attached hydrogen (secondary N) is 1. The first kappa shape index (κ1) is 26.9. The van der Waals surface area contributed by atoms with Crippen molar-refractivity contribution < 1.29 is 27.4 Å². The minimum Gasteiger partial charge on any atom is -0.497 e. The first-order valence-electron chi connectivity index (χ1n) is 12.9. The van der Waals surface area contributed by atoms with E-state index in [1.165, 1.54) is 0 Å². The summed E-state index contributed by atoms with van der Waals surface area (Å²) in [5.41, 5.74) is 0.900. The van der Waals surface area contributed by atoms with Crippen LogP contribution in [-0.2, 0) is 30.0 Å². The van der Waals surface area contributed by atoms with Gasteiger partial charge in [-0.1, -0.05) is 48.2 Å². The van der Waals surface area contributed by atoms with Gasteiger partial charge < -0.3 is 19.1 Å². The Kier molecular flexibility index (Phi) is 7.74. The van der Waals surface area contributed by atoms with E-state index in [-0.39, 0.29) is 24.8 Å². The number of nitrogens with zero attached hydrogens (tertiary/aromatic N) is 1. The van der Waals surface area contributed by atoms with E-state index in [9.17, 15) is 13.2 Å². The van der Waals surface area contributed by atoms with Crippen molar-refractivity contribution in [2.45, 2.75) is 44.3 Å². The third-order valence-corrected chi connectivity index (χ3v) is 7.04. The highest BCUT2D eigenvalue weighted by Gasteiger charge is 2.58. The molecule has 0 amide bonds. The van der Waals surface area contributed by atoms with Crippen molar-refractivity contribution in [2.24, 2.45) is 5.92 Å². The Hall–Kier alpha value is -3.67. The number of hydrogen-bond donors (Lipinski definition) is 1. The first-order valence-corrected chi connectivity index (χ1v) is 12.9. The summed E-state index contributed by atoms with van der Waals surface area (Å²) < 4.78 is 60.4. The third kappa shape index (κ3) is 6.00. The summed E-state index contributed by atoms with van der Waals surface area (Å²) >= 11 is 0. The lowest BCUT2D eigenvalue weighted by Gasteiger charge is -2.43. The second kappa shape index (κ2) is 11.2. The van der Waals surface area contributed by atoms with Gasteiger partial charge in [-0.3, -0.25) is 5.32 Å². The monoisotopic (exact) mass is 536 g/mol. The maximum Gasteiger partial charge on any atom is 0.422 e. The van der Waals surface area contributed by atoms with Crippen LogP contribution in [0.2, 0.25) is 0 Å². The van der Waals surface area contributed by atoms with Gasteiger partial charge in [-0.05, 0) is 59.9 Å². The van der Waals surface area contributed by atoms with Crippen molar-refractivity contribution in [3.8, 4) is 23.3 Å². The van der Waals surface area contributed by atoms with E-state index >= 15 is 0 Å². The molecule has 0 unspecified atom stereocenters. The van der Waals surface area contributed by atoms with Gasteiger partial charge in [0.25, 0.3) is 0 Å². The molecule has 0 saturated heterocycles. The van der Waals surface area contributed by atoms with Crippen LogP contribution in [-0.4, -0.2) is 27.1 Å². The highest BCUT2D eigenvalue weighted by atomic mass is 19.4. The van der Waals surface area contributed by atoms with Crippen molar-refractivity contribution in [3.05, 3.63) is 89.0 Å². The molecule has 5 nitrogen and oxygen atoms in total. The fraction of sp³-hybridized carbons (Fsp3) is 0.355. The molecule has 1 fully saturated rings. The maximum absolute atomic E-state index is 14.7. The van der Waals surface area contributed by atoms with E-state index < -0.39 is 11.7 Å². The summed E-state index contributed by atoms with van der Waals surface area (Å²) in [6.45, 7) is 1.05. The van der Waals surface area contributed by atoms with E-state index in [0.29, 0.717) is 18.8 Å². The fourth-order valence-electron chi connectivity index (χ4n) is 4.61. The molecule has 5 rings (SSSR count). The second-order valence-corrected chi connectivity index (χ2v) is 9.86. The Morgan fingerprint density at radius 2 is 1.46 bits per heavy atom. The maximum atomic E-state index is 14.7. The van der Waals surface area contributed by atoms with Crippen LogP contribution in [0.1, 0.15) is 35.1 Å². The number of ether oxygens (including phenoxy) is 3. The number of anilines is 1. The number of fused-ring (bicyclic) bond motifs is 1. The predicted molar refractivity (Wildman–Crippen MR) is 143 cm³/mol. The molecule has 1 aliphatic heterocycles. The predicted octanol–water partition coefficient (Wildman–Crippen LogP) is 6.16. The topological polar surface area (TPSA) is 43.0 Å². The van der Waals surface area contributed by atoms with Crippen LogP contribution in [0, 0.1) is 17.8 Å². The molecule has 1 aliphatic carbocycles. The molecule has 0 spiro atoms. The Balaban J connectivity index is 1.44. The number of methoxy groups -OCH3 is 2. The molecule has 1 atom stereocenters. The summed E-state index contributed by atoms with van der Waals surface area (Å²) in [4.78, 5) is 1.91. The van der Waals surface area contributed by atoms with Crippen molar-refractivity contribution in [2.75, 3.05) is 25.8 Å². The van der Waals surface area contributed by atoms with Gasteiger partial charge in [0.05, 0.1) is 34.1 Å². The number of halogens is 3. The normalized spacial score (nSPS) is 18.6. The van der Waals surface area contributed by atoms with Crippen LogP contribution < -0.4 is 19.7 Å². The standard InChI is InChI=1S/C31H31F3N2O3/c1-37-26-10-5-23(6-11-26)18-36-21-35-30(31(32,33)34,16-15-22-3-4-22)28-14-9-25(17-29(28)36)20-39-19-24-7-12-27(38-2)13-8-24/h5-14,17,22,35H,3-4,18-21H2,1-2H3/t30-/m0/s1. The molecular formula is C31H31F3N2O3. The summed E-state index contributed by atoms with van der Waals surface area (Å²) in [6.07, 6.45) is -2.90. The van der Waals surface area contributed by atoms with E-state index in [1.807, 2.05) is 53.4 Å². The van der Waals surface area contributed by atoms with E-state index in [2.05, 4.69) is 17.2 Å². The first-order chi connectivity index (χ1) is 18.8.